The van der Waals surface area contributed by atoms with Crippen LogP contribution in [0.1, 0.15) is 13.8 Å². The maximum Gasteiger partial charge on any atom is 0.224 e. The van der Waals surface area contributed by atoms with Crippen LogP contribution < -0.4 is 10.6 Å². The van der Waals surface area contributed by atoms with Crippen molar-refractivity contribution in [3.8, 4) is 5.82 Å². The zero-order valence-corrected chi connectivity index (χ0v) is 14.5. The summed E-state index contributed by atoms with van der Waals surface area (Å²) in [5.41, 5.74) is 5.86. The molecule has 3 rings (SSSR count). The number of likely N-dealkylation sites (N-methyl/N-ethyl adjacent to an activating group) is 1. The highest BCUT2D eigenvalue weighted by Crippen LogP contribution is 2.16. The number of ether oxygens (including phenoxy) is 1. The largest absolute Gasteiger partial charge is 0.373 e. The second kappa shape index (κ2) is 7.14. The number of rotatable bonds is 5. The third kappa shape index (κ3) is 4.01. The van der Waals surface area contributed by atoms with E-state index in [1.54, 1.807) is 10.9 Å². The molecule has 1 aliphatic heterocycles. The molecule has 0 spiro atoms. The van der Waals surface area contributed by atoms with E-state index in [2.05, 4.69) is 38.7 Å². The van der Waals surface area contributed by atoms with Crippen LogP contribution in [-0.4, -0.2) is 70.1 Å². The number of aromatic nitrogens is 4. The summed E-state index contributed by atoms with van der Waals surface area (Å²) < 4.78 is 7.46. The molecule has 0 aromatic carbocycles. The number of nitrogens with two attached hydrogens (primary N) is 1. The number of hydrogen-bond donors (Lipinski definition) is 1. The monoisotopic (exact) mass is 331 g/mol. The molecule has 0 bridgehead atoms. The minimum atomic E-state index is 0.249. The van der Waals surface area contributed by atoms with Gasteiger partial charge in [-0.1, -0.05) is 0 Å². The van der Waals surface area contributed by atoms with Crippen molar-refractivity contribution in [2.45, 2.75) is 26.1 Å². The van der Waals surface area contributed by atoms with Gasteiger partial charge in [-0.2, -0.15) is 15.1 Å². The molecule has 1 saturated heterocycles. The van der Waals surface area contributed by atoms with Crippen molar-refractivity contribution in [1.29, 1.82) is 0 Å². The normalized spacial score (nSPS) is 21.8. The molecule has 1 aliphatic rings. The highest BCUT2D eigenvalue weighted by Gasteiger charge is 2.22. The fourth-order valence-electron chi connectivity index (χ4n) is 3.03. The topological polar surface area (TPSA) is 85.3 Å². The van der Waals surface area contributed by atoms with E-state index in [9.17, 15) is 0 Å². The molecule has 8 heteroatoms. The molecule has 2 aromatic heterocycles. The van der Waals surface area contributed by atoms with Gasteiger partial charge in [0, 0.05) is 51.7 Å². The van der Waals surface area contributed by atoms with Gasteiger partial charge in [-0.15, -0.1) is 0 Å². The number of anilines is 2. The molecule has 0 aliphatic carbocycles. The van der Waals surface area contributed by atoms with Gasteiger partial charge in [0.1, 0.15) is 5.82 Å². The molecule has 2 N–H and O–H groups in total. The minimum Gasteiger partial charge on any atom is -0.373 e. The minimum absolute atomic E-state index is 0.249. The predicted octanol–water partition coefficient (Wildman–Crippen LogP) is 0.790. The van der Waals surface area contributed by atoms with Crippen molar-refractivity contribution < 1.29 is 4.74 Å². The summed E-state index contributed by atoms with van der Waals surface area (Å²) in [4.78, 5) is 13.1. The van der Waals surface area contributed by atoms with Gasteiger partial charge in [-0.3, -0.25) is 4.90 Å². The summed E-state index contributed by atoms with van der Waals surface area (Å²) in [6, 6.07) is 3.75. The number of morpholine rings is 1. The first-order valence-corrected chi connectivity index (χ1v) is 8.25. The van der Waals surface area contributed by atoms with Gasteiger partial charge in [0.05, 0.1) is 12.2 Å². The van der Waals surface area contributed by atoms with Gasteiger partial charge in [-0.25, -0.2) is 4.68 Å². The summed E-state index contributed by atoms with van der Waals surface area (Å²) in [5, 5.41) is 4.19. The maximum atomic E-state index is 5.86. The molecule has 2 atom stereocenters. The summed E-state index contributed by atoms with van der Waals surface area (Å²) in [5.74, 6) is 1.71. The van der Waals surface area contributed by atoms with Gasteiger partial charge in [0.2, 0.25) is 5.95 Å². The standard InChI is InChI=1S/C16H25N7O/c1-12-10-22(11-13(2)24-12)8-7-21(3)14-9-15(20-16(17)19-14)23-6-4-5-18-23/h4-6,9,12-13H,7-8,10-11H2,1-3H3,(H2,17,19,20)/t12-,13+. The Bertz CT molecular complexity index is 650. The van der Waals surface area contributed by atoms with Gasteiger partial charge in [0.25, 0.3) is 0 Å². The Morgan fingerprint density at radius 3 is 2.71 bits per heavy atom. The Hall–Kier alpha value is -2.19. The Morgan fingerprint density at radius 1 is 1.29 bits per heavy atom. The number of nitrogen functional groups attached to an aromatic ring is 1. The Labute approximate surface area is 142 Å². The first-order chi connectivity index (χ1) is 11.5. The molecule has 0 radical (unpaired) electrons. The molecule has 0 unspecified atom stereocenters. The molecule has 0 saturated carbocycles. The van der Waals surface area contributed by atoms with E-state index in [4.69, 9.17) is 10.5 Å². The molecule has 2 aromatic rings. The van der Waals surface area contributed by atoms with Crippen LogP contribution in [0, 0.1) is 0 Å². The summed E-state index contributed by atoms with van der Waals surface area (Å²) >= 11 is 0. The average Bonchev–Trinajstić information content (AvgIpc) is 3.05. The predicted molar refractivity (Wildman–Crippen MR) is 93.3 cm³/mol. The van der Waals surface area contributed by atoms with E-state index < -0.39 is 0 Å². The smallest absolute Gasteiger partial charge is 0.224 e. The average molecular weight is 331 g/mol. The molecule has 1 fully saturated rings. The van der Waals surface area contributed by atoms with E-state index in [-0.39, 0.29) is 18.2 Å². The van der Waals surface area contributed by atoms with Crippen molar-refractivity contribution in [2.75, 3.05) is 43.9 Å². The summed E-state index contributed by atoms with van der Waals surface area (Å²) in [6.45, 7) is 7.97. The second-order valence-electron chi connectivity index (χ2n) is 6.33. The lowest BCUT2D eigenvalue weighted by Gasteiger charge is -2.36. The Morgan fingerprint density at radius 2 is 2.04 bits per heavy atom. The lowest BCUT2D eigenvalue weighted by molar-refractivity contribution is -0.0670. The Kier molecular flexibility index (Phi) is 4.96. The number of nitrogens with zero attached hydrogens (tertiary/aromatic N) is 6. The number of hydrogen-bond acceptors (Lipinski definition) is 7. The van der Waals surface area contributed by atoms with Gasteiger partial charge in [0.15, 0.2) is 5.82 Å². The van der Waals surface area contributed by atoms with Crippen molar-refractivity contribution >= 4 is 11.8 Å². The van der Waals surface area contributed by atoms with Crippen LogP contribution in [0.3, 0.4) is 0 Å². The van der Waals surface area contributed by atoms with Gasteiger partial charge >= 0.3 is 0 Å². The quantitative estimate of drug-likeness (QED) is 0.867. The van der Waals surface area contributed by atoms with Crippen molar-refractivity contribution in [3.63, 3.8) is 0 Å². The van der Waals surface area contributed by atoms with Crippen molar-refractivity contribution in [1.82, 2.24) is 24.6 Å². The van der Waals surface area contributed by atoms with Crippen molar-refractivity contribution in [2.24, 2.45) is 0 Å². The molecule has 3 heterocycles. The van der Waals surface area contributed by atoms with Crippen LogP contribution in [0.15, 0.2) is 24.5 Å². The molecule has 8 nitrogen and oxygen atoms in total. The zero-order chi connectivity index (χ0) is 17.1. The van der Waals surface area contributed by atoms with Crippen LogP contribution >= 0.6 is 0 Å². The van der Waals surface area contributed by atoms with Crippen molar-refractivity contribution in [3.05, 3.63) is 24.5 Å². The van der Waals surface area contributed by atoms with Gasteiger partial charge in [-0.05, 0) is 19.9 Å². The second-order valence-corrected chi connectivity index (χ2v) is 6.33. The van der Waals surface area contributed by atoms with E-state index in [0.717, 1.165) is 32.0 Å². The summed E-state index contributed by atoms with van der Waals surface area (Å²) in [7, 11) is 2.02. The van der Waals surface area contributed by atoms with E-state index >= 15 is 0 Å². The van der Waals surface area contributed by atoms with Crippen LogP contribution in [0.4, 0.5) is 11.8 Å². The molecular weight excluding hydrogens is 306 g/mol. The SMILES string of the molecule is C[C@@H]1CN(CCN(C)c2cc(-n3cccn3)nc(N)n2)C[C@H](C)O1. The van der Waals surface area contributed by atoms with E-state index in [0.29, 0.717) is 5.82 Å². The van der Waals surface area contributed by atoms with Crippen LogP contribution in [0.25, 0.3) is 5.82 Å². The highest BCUT2D eigenvalue weighted by atomic mass is 16.5. The third-order valence-electron chi connectivity index (χ3n) is 4.09. The lowest BCUT2D eigenvalue weighted by Crippen LogP contribution is -2.47. The Balaban J connectivity index is 1.65. The molecular formula is C16H25N7O. The first kappa shape index (κ1) is 16.7. The first-order valence-electron chi connectivity index (χ1n) is 8.25. The molecule has 24 heavy (non-hydrogen) atoms. The zero-order valence-electron chi connectivity index (χ0n) is 14.5. The van der Waals surface area contributed by atoms with E-state index in [1.807, 2.05) is 25.4 Å². The van der Waals surface area contributed by atoms with Crippen LogP contribution in [-0.2, 0) is 4.74 Å². The highest BCUT2D eigenvalue weighted by molar-refractivity contribution is 5.47. The van der Waals surface area contributed by atoms with E-state index in [1.165, 1.54) is 0 Å². The molecule has 130 valence electrons. The van der Waals surface area contributed by atoms with Gasteiger partial charge < -0.3 is 15.4 Å². The maximum absolute atomic E-state index is 5.86. The lowest BCUT2D eigenvalue weighted by atomic mass is 10.2. The molecule has 0 amide bonds. The fraction of sp³-hybridized carbons (Fsp3) is 0.562. The van der Waals surface area contributed by atoms with Crippen LogP contribution in [0.2, 0.25) is 0 Å². The third-order valence-corrected chi connectivity index (χ3v) is 4.09. The summed E-state index contributed by atoms with van der Waals surface area (Å²) in [6.07, 6.45) is 4.10. The fourth-order valence-corrected chi connectivity index (χ4v) is 3.03. The van der Waals surface area contributed by atoms with Crippen LogP contribution in [0.5, 0.6) is 0 Å².